The summed E-state index contributed by atoms with van der Waals surface area (Å²) in [5.41, 5.74) is 9.37. The molecule has 32 heavy (non-hydrogen) atoms. The molecule has 1 amide bonds. The number of nitrogen functional groups attached to an aromatic ring is 1. The van der Waals surface area contributed by atoms with Crippen LogP contribution in [0, 0.1) is 0 Å². The van der Waals surface area contributed by atoms with Crippen LogP contribution in [0.1, 0.15) is 23.1 Å². The van der Waals surface area contributed by atoms with Crippen LogP contribution in [-0.2, 0) is 4.79 Å². The summed E-state index contributed by atoms with van der Waals surface area (Å²) in [6.45, 7) is 0. The first-order valence-corrected chi connectivity index (χ1v) is 10.2. The van der Waals surface area contributed by atoms with Gasteiger partial charge in [0.05, 0.1) is 46.1 Å². The number of nitrogens with zero attached hydrogens (tertiary/aromatic N) is 1. The fourth-order valence-corrected chi connectivity index (χ4v) is 4.24. The smallest absolute Gasteiger partial charge is 0.237 e. The zero-order valence-corrected chi connectivity index (χ0v) is 18.5. The summed E-state index contributed by atoms with van der Waals surface area (Å²) in [5, 5.41) is 0. The van der Waals surface area contributed by atoms with Gasteiger partial charge >= 0.3 is 0 Å². The molecule has 0 radical (unpaired) electrons. The van der Waals surface area contributed by atoms with Gasteiger partial charge < -0.3 is 29.6 Å². The van der Waals surface area contributed by atoms with Crippen molar-refractivity contribution in [3.05, 3.63) is 71.8 Å². The second-order valence-electron chi connectivity index (χ2n) is 7.42. The van der Waals surface area contributed by atoms with Crippen LogP contribution in [-0.4, -0.2) is 34.3 Å². The van der Waals surface area contributed by atoms with Crippen molar-refractivity contribution >= 4 is 17.3 Å². The van der Waals surface area contributed by atoms with Crippen molar-refractivity contribution in [3.63, 3.8) is 0 Å². The van der Waals surface area contributed by atoms with Gasteiger partial charge in [-0.1, -0.05) is 36.4 Å². The zero-order chi connectivity index (χ0) is 22.8. The van der Waals surface area contributed by atoms with E-state index in [4.69, 9.17) is 24.7 Å². The molecule has 7 heteroatoms. The van der Waals surface area contributed by atoms with E-state index in [-0.39, 0.29) is 17.9 Å². The third kappa shape index (κ3) is 3.45. The van der Waals surface area contributed by atoms with Gasteiger partial charge in [0.1, 0.15) is 5.75 Å². The predicted octanol–water partition coefficient (Wildman–Crippen LogP) is 4.17. The molecule has 0 saturated carbocycles. The van der Waals surface area contributed by atoms with Crippen molar-refractivity contribution in [2.75, 3.05) is 39.1 Å². The lowest BCUT2D eigenvalue weighted by Crippen LogP contribution is -2.53. The fourth-order valence-electron chi connectivity index (χ4n) is 4.24. The van der Waals surface area contributed by atoms with Gasteiger partial charge in [-0.15, -0.1) is 0 Å². The van der Waals surface area contributed by atoms with Crippen molar-refractivity contribution < 1.29 is 23.7 Å². The summed E-state index contributed by atoms with van der Waals surface area (Å²) in [4.78, 5) is 15.2. The number of benzene rings is 3. The van der Waals surface area contributed by atoms with E-state index in [1.807, 2.05) is 42.5 Å². The number of β-lactam (4-membered cyclic amide) rings is 1. The maximum Gasteiger partial charge on any atom is 0.237 e. The third-order valence-corrected chi connectivity index (χ3v) is 5.80. The van der Waals surface area contributed by atoms with Crippen molar-refractivity contribution in [1.29, 1.82) is 0 Å². The van der Waals surface area contributed by atoms with Crippen molar-refractivity contribution in [1.82, 2.24) is 0 Å². The van der Waals surface area contributed by atoms with Gasteiger partial charge in [0.25, 0.3) is 0 Å². The van der Waals surface area contributed by atoms with E-state index in [1.165, 1.54) is 0 Å². The third-order valence-electron chi connectivity index (χ3n) is 5.80. The molecule has 0 spiro atoms. The fraction of sp³-hybridized carbons (Fsp3) is 0.240. The first kappa shape index (κ1) is 21.4. The maximum absolute atomic E-state index is 13.5. The van der Waals surface area contributed by atoms with Crippen LogP contribution in [0.5, 0.6) is 23.0 Å². The van der Waals surface area contributed by atoms with Crippen LogP contribution >= 0.6 is 0 Å². The van der Waals surface area contributed by atoms with Crippen molar-refractivity contribution in [2.45, 2.75) is 12.0 Å². The highest BCUT2D eigenvalue weighted by atomic mass is 16.5. The summed E-state index contributed by atoms with van der Waals surface area (Å²) in [6, 6.07) is 18.5. The SMILES string of the molecule is COc1ccc(C2C(c3ccccc3)C(=O)N2c2cc(OC)c(OC)c(OC)c2)c(N)c1. The normalized spacial score (nSPS) is 17.5. The highest BCUT2D eigenvalue weighted by Crippen LogP contribution is 2.53. The molecule has 2 N–H and O–H groups in total. The van der Waals surface area contributed by atoms with E-state index in [0.29, 0.717) is 34.4 Å². The Labute approximate surface area is 187 Å². The van der Waals surface area contributed by atoms with Crippen LogP contribution in [0.25, 0.3) is 0 Å². The van der Waals surface area contributed by atoms with Crippen LogP contribution < -0.4 is 29.6 Å². The van der Waals surface area contributed by atoms with Crippen LogP contribution in [0.15, 0.2) is 60.7 Å². The number of carbonyl (C=O) groups excluding carboxylic acids is 1. The van der Waals surface area contributed by atoms with Gasteiger partial charge in [0.2, 0.25) is 11.7 Å². The number of anilines is 2. The molecule has 2 atom stereocenters. The van der Waals surface area contributed by atoms with Gasteiger partial charge in [0.15, 0.2) is 11.5 Å². The van der Waals surface area contributed by atoms with Gasteiger partial charge in [-0.05, 0) is 17.2 Å². The topological polar surface area (TPSA) is 83.2 Å². The second kappa shape index (κ2) is 8.70. The summed E-state index contributed by atoms with van der Waals surface area (Å²) in [5.74, 6) is 1.66. The molecular weight excluding hydrogens is 408 g/mol. The van der Waals surface area contributed by atoms with Crippen molar-refractivity contribution in [3.8, 4) is 23.0 Å². The number of hydrogen-bond acceptors (Lipinski definition) is 6. The molecule has 1 aliphatic heterocycles. The number of hydrogen-bond donors (Lipinski definition) is 1. The quantitative estimate of drug-likeness (QED) is 0.444. The first-order valence-electron chi connectivity index (χ1n) is 10.2. The molecule has 0 aromatic heterocycles. The number of rotatable bonds is 7. The van der Waals surface area contributed by atoms with Crippen LogP contribution in [0.3, 0.4) is 0 Å². The molecule has 166 valence electrons. The molecule has 3 aromatic carbocycles. The number of amides is 1. The number of nitrogens with two attached hydrogens (primary N) is 1. The van der Waals surface area contributed by atoms with Gasteiger partial charge in [-0.25, -0.2) is 0 Å². The lowest BCUT2D eigenvalue weighted by atomic mass is 9.77. The van der Waals surface area contributed by atoms with E-state index in [1.54, 1.807) is 51.5 Å². The Balaban J connectivity index is 1.85. The molecule has 1 heterocycles. The molecule has 4 rings (SSSR count). The Bertz CT molecular complexity index is 1110. The summed E-state index contributed by atoms with van der Waals surface area (Å²) >= 11 is 0. The summed E-state index contributed by atoms with van der Waals surface area (Å²) in [6.07, 6.45) is 0. The van der Waals surface area contributed by atoms with E-state index >= 15 is 0 Å². The average Bonchev–Trinajstić information content (AvgIpc) is 2.82. The molecule has 0 aliphatic carbocycles. The first-order chi connectivity index (χ1) is 15.5. The van der Waals surface area contributed by atoms with E-state index < -0.39 is 0 Å². The van der Waals surface area contributed by atoms with E-state index in [9.17, 15) is 4.79 Å². The van der Waals surface area contributed by atoms with Crippen LogP contribution in [0.4, 0.5) is 11.4 Å². The highest BCUT2D eigenvalue weighted by molar-refractivity contribution is 6.07. The van der Waals surface area contributed by atoms with E-state index in [0.717, 1.165) is 11.1 Å². The number of ether oxygens (including phenoxy) is 4. The molecule has 3 aromatic rings. The standard InChI is InChI=1S/C25H26N2O5/c1-29-17-10-11-18(19(26)14-17)23-22(15-8-6-5-7-9-15)25(28)27(23)16-12-20(30-2)24(32-4)21(13-16)31-3/h5-14,22-23H,26H2,1-4H3. The van der Waals surface area contributed by atoms with Gasteiger partial charge in [0, 0.05) is 23.9 Å². The summed E-state index contributed by atoms with van der Waals surface area (Å²) in [7, 11) is 6.23. The molecule has 7 nitrogen and oxygen atoms in total. The van der Waals surface area contributed by atoms with E-state index in [2.05, 4.69) is 0 Å². The average molecular weight is 434 g/mol. The molecule has 1 fully saturated rings. The molecule has 1 aliphatic rings. The Morgan fingerprint density at radius 3 is 2.00 bits per heavy atom. The summed E-state index contributed by atoms with van der Waals surface area (Å²) < 4.78 is 21.7. The highest BCUT2D eigenvalue weighted by Gasteiger charge is 2.50. The Morgan fingerprint density at radius 2 is 1.47 bits per heavy atom. The van der Waals surface area contributed by atoms with Crippen molar-refractivity contribution in [2.24, 2.45) is 0 Å². The minimum Gasteiger partial charge on any atom is -0.497 e. The lowest BCUT2D eigenvalue weighted by molar-refractivity contribution is -0.126. The monoisotopic (exact) mass is 434 g/mol. The molecule has 0 bridgehead atoms. The zero-order valence-electron chi connectivity index (χ0n) is 18.5. The second-order valence-corrected chi connectivity index (χ2v) is 7.42. The number of methoxy groups -OCH3 is 4. The molecule has 1 saturated heterocycles. The minimum absolute atomic E-state index is 0.0364. The maximum atomic E-state index is 13.5. The Kier molecular flexibility index (Phi) is 5.81. The number of carbonyl (C=O) groups is 1. The Morgan fingerprint density at radius 1 is 0.812 bits per heavy atom. The lowest BCUT2D eigenvalue weighted by Gasteiger charge is -2.48. The van der Waals surface area contributed by atoms with Crippen LogP contribution in [0.2, 0.25) is 0 Å². The largest absolute Gasteiger partial charge is 0.497 e. The Hall–Kier alpha value is -3.87. The minimum atomic E-state index is -0.369. The van der Waals surface area contributed by atoms with Gasteiger partial charge in [-0.2, -0.15) is 0 Å². The van der Waals surface area contributed by atoms with Gasteiger partial charge in [-0.3, -0.25) is 4.79 Å². The predicted molar refractivity (Wildman–Crippen MR) is 123 cm³/mol. The molecule has 2 unspecified atom stereocenters. The molecular formula is C25H26N2O5.